The van der Waals surface area contributed by atoms with E-state index in [0.29, 0.717) is 17.6 Å². The van der Waals surface area contributed by atoms with Gasteiger partial charge in [-0.25, -0.2) is 0 Å². The van der Waals surface area contributed by atoms with Crippen molar-refractivity contribution in [2.45, 2.75) is 26.7 Å². The number of phenols is 1. The first kappa shape index (κ1) is 18.0. The molecule has 0 saturated heterocycles. The molecule has 0 atom stereocenters. The summed E-state index contributed by atoms with van der Waals surface area (Å²) in [6.45, 7) is 5.82. The monoisotopic (exact) mass is 377 g/mol. The van der Waals surface area contributed by atoms with Crippen LogP contribution < -0.4 is 11.1 Å². The topological polar surface area (TPSA) is 70.6 Å². The lowest BCUT2D eigenvalue weighted by Gasteiger charge is -2.06. The number of benzene rings is 1. The number of nitrogens with one attached hydrogen (secondary N) is 1. The van der Waals surface area contributed by atoms with E-state index in [9.17, 15) is 5.11 Å². The molecule has 0 saturated carbocycles. The van der Waals surface area contributed by atoms with Crippen molar-refractivity contribution in [1.29, 1.82) is 0 Å². The van der Waals surface area contributed by atoms with Crippen molar-refractivity contribution in [3.8, 4) is 5.75 Å². The Morgan fingerprint density at radius 2 is 2.16 bits per heavy atom. The Bertz CT molecular complexity index is 394. The van der Waals surface area contributed by atoms with Gasteiger partial charge in [-0.1, -0.05) is 26.0 Å². The number of nitrogens with two attached hydrogens (primary N) is 1. The van der Waals surface area contributed by atoms with Gasteiger partial charge in [0.2, 0.25) is 0 Å². The Morgan fingerprint density at radius 3 is 2.79 bits per heavy atom. The second-order valence-electron chi connectivity index (χ2n) is 4.80. The Balaban J connectivity index is 0.00000324. The molecule has 1 rings (SSSR count). The number of rotatable bonds is 6. The zero-order valence-corrected chi connectivity index (χ0v) is 13.9. The van der Waals surface area contributed by atoms with Crippen molar-refractivity contribution in [1.82, 2.24) is 5.32 Å². The van der Waals surface area contributed by atoms with Crippen molar-refractivity contribution < 1.29 is 5.11 Å². The van der Waals surface area contributed by atoms with E-state index in [1.807, 2.05) is 12.1 Å². The first-order valence-corrected chi connectivity index (χ1v) is 6.39. The lowest BCUT2D eigenvalue weighted by atomic mass is 10.1. The summed E-state index contributed by atoms with van der Waals surface area (Å²) in [4.78, 5) is 4.25. The van der Waals surface area contributed by atoms with Crippen molar-refractivity contribution in [2.75, 3.05) is 13.1 Å². The first-order valence-electron chi connectivity index (χ1n) is 6.39. The van der Waals surface area contributed by atoms with E-state index in [4.69, 9.17) is 5.73 Å². The molecule has 1 aromatic carbocycles. The highest BCUT2D eigenvalue weighted by Gasteiger charge is 1.96. The normalized spacial score (nSPS) is 11.2. The minimum atomic E-state index is 0. The predicted molar refractivity (Wildman–Crippen MR) is 91.2 cm³/mol. The standard InChI is InChI=1S/C14H23N3O.HI/c1-11(2)6-8-16-14(15)17-9-7-12-4-3-5-13(18)10-12;/h3-5,10-11,18H,6-9H2,1-2H3,(H3,15,16,17);1H. The van der Waals surface area contributed by atoms with Crippen LogP contribution >= 0.6 is 24.0 Å². The molecule has 5 heteroatoms. The summed E-state index contributed by atoms with van der Waals surface area (Å²) >= 11 is 0. The summed E-state index contributed by atoms with van der Waals surface area (Å²) < 4.78 is 0. The zero-order chi connectivity index (χ0) is 13.4. The molecule has 0 aliphatic rings. The molecule has 4 N–H and O–H groups in total. The SMILES string of the molecule is CC(C)CCN=C(N)NCCc1cccc(O)c1.I. The van der Waals surface area contributed by atoms with Crippen LogP contribution in [0.4, 0.5) is 0 Å². The molecular formula is C14H24IN3O. The highest BCUT2D eigenvalue weighted by molar-refractivity contribution is 14.0. The average molecular weight is 377 g/mol. The van der Waals surface area contributed by atoms with Crippen molar-refractivity contribution in [3.63, 3.8) is 0 Å². The summed E-state index contributed by atoms with van der Waals surface area (Å²) in [6, 6.07) is 7.24. The second-order valence-corrected chi connectivity index (χ2v) is 4.80. The highest BCUT2D eigenvalue weighted by atomic mass is 127. The van der Waals surface area contributed by atoms with E-state index in [2.05, 4.69) is 24.2 Å². The highest BCUT2D eigenvalue weighted by Crippen LogP contribution is 2.10. The van der Waals surface area contributed by atoms with Gasteiger partial charge >= 0.3 is 0 Å². The molecule has 19 heavy (non-hydrogen) atoms. The van der Waals surface area contributed by atoms with Crippen LogP contribution in [0.1, 0.15) is 25.8 Å². The Morgan fingerprint density at radius 1 is 1.42 bits per heavy atom. The molecule has 4 nitrogen and oxygen atoms in total. The quantitative estimate of drug-likeness (QED) is 0.405. The van der Waals surface area contributed by atoms with Gasteiger partial charge in [-0.3, -0.25) is 4.99 Å². The fourth-order valence-corrected chi connectivity index (χ4v) is 1.55. The van der Waals surface area contributed by atoms with Crippen molar-refractivity contribution >= 4 is 29.9 Å². The molecule has 0 spiro atoms. The van der Waals surface area contributed by atoms with Crippen molar-refractivity contribution in [2.24, 2.45) is 16.6 Å². The van der Waals surface area contributed by atoms with Crippen LogP contribution in [0.5, 0.6) is 5.75 Å². The molecule has 0 unspecified atom stereocenters. The van der Waals surface area contributed by atoms with Crippen LogP contribution in [-0.4, -0.2) is 24.2 Å². The fourth-order valence-electron chi connectivity index (χ4n) is 1.55. The minimum Gasteiger partial charge on any atom is -0.508 e. The largest absolute Gasteiger partial charge is 0.508 e. The van der Waals surface area contributed by atoms with Gasteiger partial charge in [0.05, 0.1) is 0 Å². The molecule has 0 bridgehead atoms. The molecule has 0 heterocycles. The molecule has 0 radical (unpaired) electrons. The number of nitrogens with zero attached hydrogens (tertiary/aromatic N) is 1. The van der Waals surface area contributed by atoms with Gasteiger partial charge < -0.3 is 16.2 Å². The number of guanidine groups is 1. The van der Waals surface area contributed by atoms with E-state index in [1.54, 1.807) is 12.1 Å². The van der Waals surface area contributed by atoms with Crippen LogP contribution in [0.15, 0.2) is 29.3 Å². The Kier molecular flexibility index (Phi) is 9.38. The van der Waals surface area contributed by atoms with Gasteiger partial charge in [-0.2, -0.15) is 0 Å². The number of aliphatic imine (C=N–C) groups is 1. The molecule has 1 aromatic rings. The summed E-state index contributed by atoms with van der Waals surface area (Å²) in [6.07, 6.45) is 1.86. The Labute approximate surface area is 132 Å². The van der Waals surface area contributed by atoms with Crippen LogP contribution in [0.25, 0.3) is 0 Å². The number of hydrogen-bond acceptors (Lipinski definition) is 2. The minimum absolute atomic E-state index is 0. The van der Waals surface area contributed by atoms with Crippen LogP contribution in [0.2, 0.25) is 0 Å². The van der Waals surface area contributed by atoms with Crippen molar-refractivity contribution in [3.05, 3.63) is 29.8 Å². The third kappa shape index (κ3) is 8.69. The third-order valence-corrected chi connectivity index (χ3v) is 2.62. The molecule has 108 valence electrons. The van der Waals surface area contributed by atoms with Crippen LogP contribution in [-0.2, 0) is 6.42 Å². The molecular weight excluding hydrogens is 353 g/mol. The maximum Gasteiger partial charge on any atom is 0.188 e. The molecule has 0 fully saturated rings. The third-order valence-electron chi connectivity index (χ3n) is 2.62. The number of halogens is 1. The summed E-state index contributed by atoms with van der Waals surface area (Å²) in [5.74, 6) is 1.44. The van der Waals surface area contributed by atoms with Gasteiger partial charge in [0, 0.05) is 13.1 Å². The van der Waals surface area contributed by atoms with E-state index in [0.717, 1.165) is 31.5 Å². The zero-order valence-electron chi connectivity index (χ0n) is 11.6. The summed E-state index contributed by atoms with van der Waals surface area (Å²) in [5.41, 5.74) is 6.82. The number of aromatic hydroxyl groups is 1. The predicted octanol–water partition coefficient (Wildman–Crippen LogP) is 2.50. The van der Waals surface area contributed by atoms with Gasteiger partial charge in [0.25, 0.3) is 0 Å². The lowest BCUT2D eigenvalue weighted by molar-refractivity contribution is 0.474. The van der Waals surface area contributed by atoms with E-state index in [-0.39, 0.29) is 24.0 Å². The lowest BCUT2D eigenvalue weighted by Crippen LogP contribution is -2.33. The number of phenolic OH excluding ortho intramolecular Hbond substituents is 1. The van der Waals surface area contributed by atoms with Gasteiger partial charge in [0.1, 0.15) is 5.75 Å². The first-order chi connectivity index (χ1) is 8.58. The van der Waals surface area contributed by atoms with E-state index >= 15 is 0 Å². The second kappa shape index (κ2) is 9.89. The molecule has 0 aromatic heterocycles. The summed E-state index contributed by atoms with van der Waals surface area (Å²) in [5, 5.41) is 12.4. The average Bonchev–Trinajstić information content (AvgIpc) is 2.28. The Hall–Kier alpha value is -0.980. The number of hydrogen-bond donors (Lipinski definition) is 3. The van der Waals surface area contributed by atoms with Gasteiger partial charge in [-0.05, 0) is 36.5 Å². The maximum absolute atomic E-state index is 9.32. The fraction of sp³-hybridized carbons (Fsp3) is 0.500. The van der Waals surface area contributed by atoms with Gasteiger partial charge in [-0.15, -0.1) is 24.0 Å². The molecule has 0 aliphatic carbocycles. The van der Waals surface area contributed by atoms with Crippen LogP contribution in [0.3, 0.4) is 0 Å². The summed E-state index contributed by atoms with van der Waals surface area (Å²) in [7, 11) is 0. The van der Waals surface area contributed by atoms with Gasteiger partial charge in [0.15, 0.2) is 5.96 Å². The van der Waals surface area contributed by atoms with Crippen LogP contribution in [0, 0.1) is 5.92 Å². The smallest absolute Gasteiger partial charge is 0.188 e. The molecule has 0 amide bonds. The maximum atomic E-state index is 9.32. The van der Waals surface area contributed by atoms with E-state index < -0.39 is 0 Å². The molecule has 0 aliphatic heterocycles. The van der Waals surface area contributed by atoms with E-state index in [1.165, 1.54) is 0 Å².